The van der Waals surface area contributed by atoms with Crippen molar-refractivity contribution in [2.75, 3.05) is 37.1 Å². The largest absolute Gasteiger partial charge is 0.468 e. The monoisotopic (exact) mass is 458 g/mol. The van der Waals surface area contributed by atoms with Crippen molar-refractivity contribution >= 4 is 34.8 Å². The fourth-order valence-corrected chi connectivity index (χ4v) is 4.46. The molecule has 0 atom stereocenters. The second-order valence-electron chi connectivity index (χ2n) is 9.04. The van der Waals surface area contributed by atoms with Gasteiger partial charge in [-0.25, -0.2) is 4.98 Å². The molecular formula is C24H31ClN4O3. The molecule has 3 heterocycles. The highest BCUT2D eigenvalue weighted by atomic mass is 35.5. The van der Waals surface area contributed by atoms with Crippen molar-refractivity contribution in [3.63, 3.8) is 0 Å². The minimum atomic E-state index is -0.640. The summed E-state index contributed by atoms with van der Waals surface area (Å²) in [6.45, 7) is 6.86. The number of aromatic nitrogens is 2. The van der Waals surface area contributed by atoms with Crippen LogP contribution in [0.5, 0.6) is 0 Å². The quantitative estimate of drug-likeness (QED) is 0.573. The van der Waals surface area contributed by atoms with Crippen LogP contribution >= 0.6 is 11.6 Å². The first-order valence-corrected chi connectivity index (χ1v) is 11.6. The van der Waals surface area contributed by atoms with Crippen molar-refractivity contribution in [1.29, 1.82) is 0 Å². The molecule has 0 bridgehead atoms. The third-order valence-corrected chi connectivity index (χ3v) is 6.42. The molecule has 1 saturated heterocycles. The average molecular weight is 459 g/mol. The lowest BCUT2D eigenvalue weighted by Crippen LogP contribution is -2.42. The van der Waals surface area contributed by atoms with Gasteiger partial charge in [0.15, 0.2) is 0 Å². The van der Waals surface area contributed by atoms with Gasteiger partial charge in [-0.1, -0.05) is 25.4 Å². The molecule has 0 aromatic carbocycles. The maximum Gasteiger partial charge on any atom is 0.317 e. The van der Waals surface area contributed by atoms with Gasteiger partial charge in [0.25, 0.3) is 0 Å². The summed E-state index contributed by atoms with van der Waals surface area (Å²) in [7, 11) is 1.43. The van der Waals surface area contributed by atoms with Crippen molar-refractivity contribution < 1.29 is 14.3 Å². The van der Waals surface area contributed by atoms with Crippen LogP contribution in [0.4, 0.5) is 17.2 Å². The summed E-state index contributed by atoms with van der Waals surface area (Å²) in [5.41, 5.74) is 1.98. The number of rotatable bonds is 8. The predicted octanol–water partition coefficient (Wildman–Crippen LogP) is 4.72. The van der Waals surface area contributed by atoms with Crippen molar-refractivity contribution in [2.24, 2.45) is 5.92 Å². The van der Waals surface area contributed by atoms with E-state index in [1.165, 1.54) is 7.11 Å². The predicted molar refractivity (Wildman–Crippen MR) is 126 cm³/mol. The minimum absolute atomic E-state index is 0.225. The van der Waals surface area contributed by atoms with Gasteiger partial charge in [-0.05, 0) is 49.8 Å². The normalized spacial score (nSPS) is 17.8. The topological polar surface area (TPSA) is 76.6 Å². The van der Waals surface area contributed by atoms with Crippen LogP contribution < -0.4 is 10.2 Å². The molecule has 4 rings (SSSR count). The fourth-order valence-electron chi connectivity index (χ4n) is 4.35. The maximum atomic E-state index is 12.5. The van der Waals surface area contributed by atoms with E-state index in [-0.39, 0.29) is 5.97 Å². The van der Waals surface area contributed by atoms with Crippen LogP contribution in [0.15, 0.2) is 30.6 Å². The number of ether oxygens (including phenoxy) is 2. The summed E-state index contributed by atoms with van der Waals surface area (Å²) in [4.78, 5) is 24.1. The molecule has 1 aliphatic heterocycles. The number of hydrogen-bond donors (Lipinski definition) is 1. The van der Waals surface area contributed by atoms with Crippen LogP contribution in [0.1, 0.15) is 45.2 Å². The lowest BCUT2D eigenvalue weighted by molar-refractivity contribution is -0.143. The molecule has 2 aromatic rings. The number of pyridine rings is 2. The van der Waals surface area contributed by atoms with Crippen LogP contribution in [-0.4, -0.2) is 48.8 Å². The number of methoxy groups -OCH3 is 1. The molecule has 32 heavy (non-hydrogen) atoms. The Bertz CT molecular complexity index is 941. The molecule has 1 N–H and O–H groups in total. The highest BCUT2D eigenvalue weighted by Gasteiger charge is 2.54. The van der Waals surface area contributed by atoms with E-state index in [1.54, 1.807) is 12.3 Å². The van der Waals surface area contributed by atoms with E-state index in [9.17, 15) is 4.79 Å². The SMILES string of the molecule is COC(=O)C1(c2cc(Nc3ccc(Cl)cn3)c(N(CC(C)C)C3CCOCC3)cn2)CC1. The summed E-state index contributed by atoms with van der Waals surface area (Å²) in [6.07, 6.45) is 6.96. The Kier molecular flexibility index (Phi) is 6.86. The van der Waals surface area contributed by atoms with Crippen molar-refractivity contribution in [2.45, 2.75) is 51.0 Å². The Morgan fingerprint density at radius 1 is 1.28 bits per heavy atom. The molecule has 2 aromatic heterocycles. The highest BCUT2D eigenvalue weighted by molar-refractivity contribution is 6.30. The number of carbonyl (C=O) groups excluding carboxylic acids is 1. The molecule has 0 unspecified atom stereocenters. The number of anilines is 3. The second kappa shape index (κ2) is 9.63. The van der Waals surface area contributed by atoms with Gasteiger partial charge in [0.2, 0.25) is 0 Å². The number of hydrogen-bond acceptors (Lipinski definition) is 7. The van der Waals surface area contributed by atoms with E-state index in [1.807, 2.05) is 18.3 Å². The lowest BCUT2D eigenvalue weighted by Gasteiger charge is -2.38. The van der Waals surface area contributed by atoms with E-state index >= 15 is 0 Å². The van der Waals surface area contributed by atoms with Crippen LogP contribution in [0.2, 0.25) is 5.02 Å². The van der Waals surface area contributed by atoms with Gasteiger partial charge in [-0.15, -0.1) is 0 Å². The maximum absolute atomic E-state index is 12.5. The fraction of sp³-hybridized carbons (Fsp3) is 0.542. The standard InChI is InChI=1S/C24H31ClN4O3/c1-16(2)15-29(18-6-10-32-11-7-18)20-14-26-21(24(8-9-24)23(30)31-3)12-19(20)28-22-5-4-17(25)13-27-22/h4-5,12-14,16,18H,6-11,15H2,1-3H3,(H,26,27,28). The van der Waals surface area contributed by atoms with Gasteiger partial charge in [-0.2, -0.15) is 0 Å². The lowest BCUT2D eigenvalue weighted by atomic mass is 9.99. The van der Waals surface area contributed by atoms with Gasteiger partial charge in [0.1, 0.15) is 11.2 Å². The molecule has 2 aliphatic rings. The smallest absolute Gasteiger partial charge is 0.317 e. The second-order valence-corrected chi connectivity index (χ2v) is 9.47. The first-order chi connectivity index (χ1) is 15.4. The summed E-state index contributed by atoms with van der Waals surface area (Å²) in [6, 6.07) is 6.01. The zero-order valence-electron chi connectivity index (χ0n) is 18.9. The first-order valence-electron chi connectivity index (χ1n) is 11.2. The van der Waals surface area contributed by atoms with Crippen LogP contribution in [-0.2, 0) is 19.7 Å². The summed E-state index contributed by atoms with van der Waals surface area (Å²) < 4.78 is 10.7. The number of carbonyl (C=O) groups is 1. The van der Waals surface area contributed by atoms with Crippen molar-refractivity contribution in [1.82, 2.24) is 9.97 Å². The number of halogens is 1. The Balaban J connectivity index is 1.75. The van der Waals surface area contributed by atoms with Crippen LogP contribution in [0.3, 0.4) is 0 Å². The number of esters is 1. The molecule has 0 spiro atoms. The number of nitrogens with one attached hydrogen (secondary N) is 1. The van der Waals surface area contributed by atoms with Crippen molar-refractivity contribution in [3.8, 4) is 0 Å². The Labute approximate surface area is 194 Å². The van der Waals surface area contributed by atoms with Gasteiger partial charge >= 0.3 is 5.97 Å². The third-order valence-electron chi connectivity index (χ3n) is 6.19. The van der Waals surface area contributed by atoms with Crippen LogP contribution in [0.25, 0.3) is 0 Å². The summed E-state index contributed by atoms with van der Waals surface area (Å²) in [5, 5.41) is 4.04. The molecular weight excluding hydrogens is 428 g/mol. The molecule has 7 nitrogen and oxygen atoms in total. The van der Waals surface area contributed by atoms with Gasteiger partial charge < -0.3 is 19.7 Å². The Morgan fingerprint density at radius 3 is 2.62 bits per heavy atom. The van der Waals surface area contributed by atoms with E-state index in [2.05, 4.69) is 29.0 Å². The average Bonchev–Trinajstić information content (AvgIpc) is 3.61. The minimum Gasteiger partial charge on any atom is -0.468 e. The molecule has 1 saturated carbocycles. The first kappa shape index (κ1) is 22.8. The molecule has 0 radical (unpaired) electrons. The van der Waals surface area contributed by atoms with Gasteiger partial charge in [-0.3, -0.25) is 9.78 Å². The van der Waals surface area contributed by atoms with Gasteiger partial charge in [0, 0.05) is 32.0 Å². The zero-order chi connectivity index (χ0) is 22.7. The molecule has 172 valence electrons. The van der Waals surface area contributed by atoms with E-state index in [0.717, 1.165) is 62.5 Å². The van der Waals surface area contributed by atoms with Gasteiger partial charge in [0.05, 0.1) is 35.4 Å². The summed E-state index contributed by atoms with van der Waals surface area (Å²) >= 11 is 6.03. The molecule has 8 heteroatoms. The Hall–Kier alpha value is -2.38. The number of nitrogens with zero attached hydrogens (tertiary/aromatic N) is 3. The van der Waals surface area contributed by atoms with Crippen molar-refractivity contribution in [3.05, 3.63) is 41.3 Å². The Morgan fingerprint density at radius 2 is 2.03 bits per heavy atom. The van der Waals surface area contributed by atoms with E-state index < -0.39 is 5.41 Å². The van der Waals surface area contributed by atoms with E-state index in [4.69, 9.17) is 26.1 Å². The molecule has 2 fully saturated rings. The third kappa shape index (κ3) is 4.84. The van der Waals surface area contributed by atoms with Crippen LogP contribution in [0, 0.1) is 5.92 Å². The highest BCUT2D eigenvalue weighted by Crippen LogP contribution is 2.49. The summed E-state index contributed by atoms with van der Waals surface area (Å²) in [5.74, 6) is 0.938. The zero-order valence-corrected chi connectivity index (χ0v) is 19.7. The molecule has 1 aliphatic carbocycles. The van der Waals surface area contributed by atoms with E-state index in [0.29, 0.717) is 22.8 Å². The molecule has 0 amide bonds.